The Labute approximate surface area is 172 Å². The van der Waals surface area contributed by atoms with Gasteiger partial charge in [0, 0.05) is 16.5 Å². The molecule has 0 unspecified atom stereocenters. The SMILES string of the molecule is COc1ccc(-c2cc3cc(C=O)cc(OC)c3o2)cc1O[Si](C)(C)C(C)(C)C. The first-order valence-corrected chi connectivity index (χ1v) is 12.4. The minimum Gasteiger partial charge on any atom is -0.541 e. The lowest BCUT2D eigenvalue weighted by atomic mass is 10.1. The molecule has 0 amide bonds. The minimum atomic E-state index is -2.05. The molecule has 5 nitrogen and oxygen atoms in total. The van der Waals surface area contributed by atoms with Crippen LogP contribution in [0.1, 0.15) is 31.1 Å². The number of aldehydes is 1. The second-order valence-corrected chi connectivity index (χ2v) is 13.3. The average Bonchev–Trinajstić information content (AvgIpc) is 3.10. The summed E-state index contributed by atoms with van der Waals surface area (Å²) in [5, 5.41) is 0.871. The van der Waals surface area contributed by atoms with Gasteiger partial charge in [0.05, 0.1) is 14.2 Å². The summed E-state index contributed by atoms with van der Waals surface area (Å²) in [7, 11) is 1.15. The lowest BCUT2D eigenvalue weighted by molar-refractivity contribution is 0.112. The molecule has 3 rings (SSSR count). The molecule has 0 fully saturated rings. The second kappa shape index (κ2) is 7.59. The van der Waals surface area contributed by atoms with Crippen molar-refractivity contribution in [3.05, 3.63) is 42.0 Å². The van der Waals surface area contributed by atoms with Crippen molar-refractivity contribution < 1.29 is 23.1 Å². The van der Waals surface area contributed by atoms with E-state index in [9.17, 15) is 4.79 Å². The molecule has 0 spiro atoms. The minimum absolute atomic E-state index is 0.0615. The highest BCUT2D eigenvalue weighted by molar-refractivity contribution is 6.74. The highest BCUT2D eigenvalue weighted by Gasteiger charge is 2.39. The largest absolute Gasteiger partial charge is 0.541 e. The molecule has 0 aliphatic rings. The van der Waals surface area contributed by atoms with Crippen molar-refractivity contribution in [3.63, 3.8) is 0 Å². The van der Waals surface area contributed by atoms with E-state index in [1.807, 2.05) is 24.3 Å². The molecule has 1 heterocycles. The molecular formula is C23H28O5Si. The standard InChI is InChI=1S/C23H28O5Si/c1-23(2,3)29(6,7)28-20-12-16(8-9-18(20)25-4)19-13-17-10-15(14-24)11-21(26-5)22(17)27-19/h8-14H,1-7H3. The number of hydrogen-bond acceptors (Lipinski definition) is 5. The first kappa shape index (κ1) is 21.0. The quantitative estimate of drug-likeness (QED) is 0.350. The van der Waals surface area contributed by atoms with Gasteiger partial charge >= 0.3 is 0 Å². The molecule has 3 aromatic rings. The van der Waals surface area contributed by atoms with Crippen molar-refractivity contribution in [1.82, 2.24) is 0 Å². The van der Waals surface area contributed by atoms with Gasteiger partial charge in [-0.2, -0.15) is 0 Å². The van der Waals surface area contributed by atoms with Crippen LogP contribution in [0, 0.1) is 0 Å². The lowest BCUT2D eigenvalue weighted by Gasteiger charge is -2.36. The maximum absolute atomic E-state index is 11.2. The van der Waals surface area contributed by atoms with Gasteiger partial charge in [0.1, 0.15) is 17.8 Å². The Morgan fingerprint density at radius 2 is 1.62 bits per heavy atom. The summed E-state index contributed by atoms with van der Waals surface area (Å²) in [5.74, 6) is 2.60. The molecule has 0 aliphatic heterocycles. The van der Waals surface area contributed by atoms with E-state index in [0.29, 0.717) is 34.2 Å². The molecule has 0 radical (unpaired) electrons. The van der Waals surface area contributed by atoms with E-state index < -0.39 is 8.32 Å². The third-order valence-corrected chi connectivity index (χ3v) is 9.92. The van der Waals surface area contributed by atoms with Crippen molar-refractivity contribution in [2.75, 3.05) is 14.2 Å². The number of furan rings is 1. The molecule has 0 saturated carbocycles. The number of ether oxygens (including phenoxy) is 2. The predicted molar refractivity (Wildman–Crippen MR) is 118 cm³/mol. The summed E-state index contributed by atoms with van der Waals surface area (Å²) in [5.41, 5.74) is 2.01. The topological polar surface area (TPSA) is 57.9 Å². The van der Waals surface area contributed by atoms with Gasteiger partial charge in [-0.15, -0.1) is 0 Å². The third-order valence-electron chi connectivity index (χ3n) is 5.58. The van der Waals surface area contributed by atoms with Crippen LogP contribution in [0.25, 0.3) is 22.3 Å². The van der Waals surface area contributed by atoms with Gasteiger partial charge in [-0.05, 0) is 54.5 Å². The number of carbonyl (C=O) groups is 1. The van der Waals surface area contributed by atoms with Crippen molar-refractivity contribution in [2.45, 2.75) is 38.9 Å². The number of carbonyl (C=O) groups excluding carboxylic acids is 1. The highest BCUT2D eigenvalue weighted by atomic mass is 28.4. The molecule has 0 aliphatic carbocycles. The zero-order valence-corrected chi connectivity index (χ0v) is 19.1. The second-order valence-electron chi connectivity index (χ2n) is 8.60. The van der Waals surface area contributed by atoms with Crippen LogP contribution in [0.15, 0.2) is 40.8 Å². The monoisotopic (exact) mass is 412 g/mol. The molecule has 0 saturated heterocycles. The Kier molecular flexibility index (Phi) is 5.50. The van der Waals surface area contributed by atoms with Crippen LogP contribution in [0.2, 0.25) is 18.1 Å². The van der Waals surface area contributed by atoms with Crippen molar-refractivity contribution >= 4 is 25.6 Å². The van der Waals surface area contributed by atoms with Crippen molar-refractivity contribution in [3.8, 4) is 28.6 Å². The number of methoxy groups -OCH3 is 2. The van der Waals surface area contributed by atoms with Crippen molar-refractivity contribution in [1.29, 1.82) is 0 Å². The fraction of sp³-hybridized carbons (Fsp3) is 0.348. The van der Waals surface area contributed by atoms with Crippen LogP contribution in [0.5, 0.6) is 17.2 Å². The Morgan fingerprint density at radius 1 is 0.931 bits per heavy atom. The Hall–Kier alpha value is -2.73. The van der Waals surface area contributed by atoms with E-state index in [2.05, 4.69) is 33.9 Å². The molecule has 1 aromatic heterocycles. The maximum Gasteiger partial charge on any atom is 0.250 e. The zero-order valence-electron chi connectivity index (χ0n) is 18.1. The molecule has 29 heavy (non-hydrogen) atoms. The summed E-state index contributed by atoms with van der Waals surface area (Å²) in [4.78, 5) is 11.2. The van der Waals surface area contributed by atoms with E-state index in [-0.39, 0.29) is 5.04 Å². The summed E-state index contributed by atoms with van der Waals surface area (Å²) in [6.07, 6.45) is 0.799. The molecule has 2 aromatic carbocycles. The Morgan fingerprint density at radius 3 is 2.21 bits per heavy atom. The highest BCUT2D eigenvalue weighted by Crippen LogP contribution is 2.42. The van der Waals surface area contributed by atoms with Gasteiger partial charge < -0.3 is 18.3 Å². The van der Waals surface area contributed by atoms with Gasteiger partial charge in [0.25, 0.3) is 8.32 Å². The van der Waals surface area contributed by atoms with Crippen LogP contribution < -0.4 is 13.9 Å². The fourth-order valence-corrected chi connectivity index (χ4v) is 3.86. The average molecular weight is 413 g/mol. The Bertz CT molecular complexity index is 1040. The summed E-state index contributed by atoms with van der Waals surface area (Å²) >= 11 is 0. The van der Waals surface area contributed by atoms with Crippen LogP contribution in [0.4, 0.5) is 0 Å². The summed E-state index contributed by atoms with van der Waals surface area (Å²) in [6, 6.07) is 11.1. The van der Waals surface area contributed by atoms with Gasteiger partial charge in [0.2, 0.25) is 0 Å². The third kappa shape index (κ3) is 4.03. The molecule has 0 N–H and O–H groups in total. The van der Waals surface area contributed by atoms with Crippen LogP contribution >= 0.6 is 0 Å². The van der Waals surface area contributed by atoms with Gasteiger partial charge in [0.15, 0.2) is 17.1 Å². The van der Waals surface area contributed by atoms with Gasteiger partial charge in [-0.3, -0.25) is 4.79 Å². The van der Waals surface area contributed by atoms with Crippen LogP contribution in [-0.4, -0.2) is 28.8 Å². The predicted octanol–water partition coefficient (Wildman–Crippen LogP) is 6.31. The fourth-order valence-electron chi connectivity index (χ4n) is 2.84. The van der Waals surface area contributed by atoms with Gasteiger partial charge in [-0.1, -0.05) is 20.8 Å². The number of benzene rings is 2. The maximum atomic E-state index is 11.2. The summed E-state index contributed by atoms with van der Waals surface area (Å²) < 4.78 is 23.5. The lowest BCUT2D eigenvalue weighted by Crippen LogP contribution is -2.43. The van der Waals surface area contributed by atoms with Crippen LogP contribution in [-0.2, 0) is 0 Å². The molecule has 154 valence electrons. The zero-order chi connectivity index (χ0) is 21.4. The Balaban J connectivity index is 2.09. The van der Waals surface area contributed by atoms with E-state index in [0.717, 1.165) is 17.2 Å². The number of hydrogen-bond donors (Lipinski definition) is 0. The van der Waals surface area contributed by atoms with E-state index in [1.54, 1.807) is 26.4 Å². The molecule has 6 heteroatoms. The van der Waals surface area contributed by atoms with E-state index in [1.165, 1.54) is 0 Å². The summed E-state index contributed by atoms with van der Waals surface area (Å²) in [6.45, 7) is 11.0. The smallest absolute Gasteiger partial charge is 0.250 e. The first-order chi connectivity index (χ1) is 13.6. The molecule has 0 bridgehead atoms. The first-order valence-electron chi connectivity index (χ1n) is 9.54. The van der Waals surface area contributed by atoms with E-state index in [4.69, 9.17) is 18.3 Å². The van der Waals surface area contributed by atoms with Crippen molar-refractivity contribution in [2.24, 2.45) is 0 Å². The normalized spacial score (nSPS) is 12.1. The van der Waals surface area contributed by atoms with Crippen LogP contribution in [0.3, 0.4) is 0 Å². The van der Waals surface area contributed by atoms with Gasteiger partial charge in [-0.25, -0.2) is 0 Å². The molecule has 0 atom stereocenters. The van der Waals surface area contributed by atoms with E-state index >= 15 is 0 Å². The number of fused-ring (bicyclic) bond motifs is 1. The number of rotatable bonds is 6. The molecular weight excluding hydrogens is 384 g/mol.